The van der Waals surface area contributed by atoms with Gasteiger partial charge >= 0.3 is 0 Å². The molecular formula is C32H32N4. The summed E-state index contributed by atoms with van der Waals surface area (Å²) in [6, 6.07) is 24.7. The molecule has 1 heterocycles. The van der Waals surface area contributed by atoms with Crippen LogP contribution in [0.5, 0.6) is 0 Å². The van der Waals surface area contributed by atoms with Gasteiger partial charge in [0.1, 0.15) is 0 Å². The molecule has 0 atom stereocenters. The third-order valence-corrected chi connectivity index (χ3v) is 5.97. The molecule has 4 nitrogen and oxygen atoms in total. The van der Waals surface area contributed by atoms with E-state index < -0.39 is 0 Å². The molecule has 0 aliphatic heterocycles. The number of hydrogen-bond acceptors (Lipinski definition) is 4. The number of anilines is 2. The standard InChI is InChI=1S/C32H32N4/c1-5-21-35(22-6-2)29-19-13-9-15-25(29)31-32(34-28-18-12-11-17-27(28)33-31)26-16-10-14-20-30(26)36(23-7-3)24-8-4/h5-20H,1-4,21-24H2. The summed E-state index contributed by atoms with van der Waals surface area (Å²) in [6.07, 6.45) is 7.63. The van der Waals surface area contributed by atoms with Gasteiger partial charge in [0, 0.05) is 48.7 Å². The van der Waals surface area contributed by atoms with E-state index in [0.29, 0.717) is 26.2 Å². The fourth-order valence-electron chi connectivity index (χ4n) is 4.44. The maximum absolute atomic E-state index is 5.18. The lowest BCUT2D eigenvalue weighted by atomic mass is 9.99. The summed E-state index contributed by atoms with van der Waals surface area (Å²) in [7, 11) is 0. The average Bonchev–Trinajstić information content (AvgIpc) is 2.92. The number of para-hydroxylation sites is 4. The summed E-state index contributed by atoms with van der Waals surface area (Å²) in [4.78, 5) is 14.8. The molecule has 0 unspecified atom stereocenters. The van der Waals surface area contributed by atoms with Crippen LogP contribution in [0.3, 0.4) is 0 Å². The van der Waals surface area contributed by atoms with Crippen molar-refractivity contribution in [3.63, 3.8) is 0 Å². The van der Waals surface area contributed by atoms with Gasteiger partial charge in [-0.25, -0.2) is 9.97 Å². The first-order chi connectivity index (χ1) is 17.7. The van der Waals surface area contributed by atoms with Crippen molar-refractivity contribution in [1.29, 1.82) is 0 Å². The maximum Gasteiger partial charge on any atom is 0.0994 e. The Kier molecular flexibility index (Phi) is 8.09. The Morgan fingerprint density at radius 2 is 0.833 bits per heavy atom. The highest BCUT2D eigenvalue weighted by Gasteiger charge is 2.21. The van der Waals surface area contributed by atoms with Gasteiger partial charge < -0.3 is 9.80 Å². The lowest BCUT2D eigenvalue weighted by Crippen LogP contribution is -2.24. The van der Waals surface area contributed by atoms with Crippen molar-refractivity contribution in [3.8, 4) is 22.5 Å². The molecule has 4 aromatic rings. The van der Waals surface area contributed by atoms with Crippen LogP contribution < -0.4 is 9.80 Å². The van der Waals surface area contributed by atoms with Crippen LogP contribution in [-0.2, 0) is 0 Å². The molecule has 0 bridgehead atoms. The highest BCUT2D eigenvalue weighted by molar-refractivity contribution is 5.93. The second-order valence-corrected chi connectivity index (χ2v) is 8.41. The molecule has 0 aliphatic carbocycles. The minimum absolute atomic E-state index is 0.697. The van der Waals surface area contributed by atoms with Gasteiger partial charge in [-0.15, -0.1) is 26.3 Å². The zero-order chi connectivity index (χ0) is 25.3. The number of fused-ring (bicyclic) bond motifs is 1. The Balaban J connectivity index is 2.02. The monoisotopic (exact) mass is 472 g/mol. The van der Waals surface area contributed by atoms with Gasteiger partial charge in [-0.3, -0.25) is 0 Å². The Morgan fingerprint density at radius 1 is 0.500 bits per heavy atom. The van der Waals surface area contributed by atoms with Crippen LogP contribution in [0.4, 0.5) is 11.4 Å². The number of hydrogen-bond donors (Lipinski definition) is 0. The van der Waals surface area contributed by atoms with Crippen molar-refractivity contribution in [2.75, 3.05) is 36.0 Å². The zero-order valence-corrected chi connectivity index (χ0v) is 20.7. The summed E-state index contributed by atoms with van der Waals surface area (Å²) in [6.45, 7) is 18.6. The normalized spacial score (nSPS) is 10.6. The minimum atomic E-state index is 0.697. The molecule has 0 N–H and O–H groups in total. The zero-order valence-electron chi connectivity index (χ0n) is 20.7. The van der Waals surface area contributed by atoms with Crippen LogP contribution in [-0.4, -0.2) is 36.1 Å². The smallest absolute Gasteiger partial charge is 0.0994 e. The Labute approximate surface area is 214 Å². The first-order valence-corrected chi connectivity index (χ1v) is 12.1. The lowest BCUT2D eigenvalue weighted by Gasteiger charge is -2.27. The van der Waals surface area contributed by atoms with Crippen molar-refractivity contribution >= 4 is 22.4 Å². The predicted octanol–water partition coefficient (Wildman–Crippen LogP) is 7.32. The van der Waals surface area contributed by atoms with Gasteiger partial charge in [-0.05, 0) is 24.3 Å². The van der Waals surface area contributed by atoms with Crippen LogP contribution in [0.2, 0.25) is 0 Å². The summed E-state index contributed by atoms with van der Waals surface area (Å²) in [5, 5.41) is 0. The van der Waals surface area contributed by atoms with Crippen LogP contribution in [0.25, 0.3) is 33.5 Å². The third kappa shape index (κ3) is 5.13. The molecule has 0 fully saturated rings. The SMILES string of the molecule is C=CCN(CC=C)c1ccccc1-c1nc2ccccc2nc1-c1ccccc1N(CC=C)CC=C. The molecule has 4 heteroatoms. The number of aromatic nitrogens is 2. The van der Waals surface area contributed by atoms with Crippen molar-refractivity contribution in [1.82, 2.24) is 9.97 Å². The summed E-state index contributed by atoms with van der Waals surface area (Å²) in [5.41, 5.74) is 7.56. The van der Waals surface area contributed by atoms with Gasteiger partial charge in [0.05, 0.1) is 22.4 Å². The molecule has 4 rings (SSSR count). The summed E-state index contributed by atoms with van der Waals surface area (Å²) >= 11 is 0. The molecule has 0 amide bonds. The fourth-order valence-corrected chi connectivity index (χ4v) is 4.44. The van der Waals surface area contributed by atoms with E-state index >= 15 is 0 Å². The highest BCUT2D eigenvalue weighted by atomic mass is 15.1. The molecule has 36 heavy (non-hydrogen) atoms. The molecule has 0 saturated heterocycles. The van der Waals surface area contributed by atoms with E-state index in [1.807, 2.05) is 60.7 Å². The van der Waals surface area contributed by atoms with Gasteiger partial charge in [0.2, 0.25) is 0 Å². The topological polar surface area (TPSA) is 32.3 Å². The van der Waals surface area contributed by atoms with Crippen molar-refractivity contribution < 1.29 is 0 Å². The van der Waals surface area contributed by atoms with Crippen LogP contribution in [0.1, 0.15) is 0 Å². The number of nitrogens with zero attached hydrogens (tertiary/aromatic N) is 4. The van der Waals surface area contributed by atoms with Crippen LogP contribution in [0, 0.1) is 0 Å². The van der Waals surface area contributed by atoms with Gasteiger partial charge in [0.25, 0.3) is 0 Å². The average molecular weight is 473 g/mol. The van der Waals surface area contributed by atoms with E-state index in [1.54, 1.807) is 0 Å². The predicted molar refractivity (Wildman–Crippen MR) is 156 cm³/mol. The van der Waals surface area contributed by atoms with Gasteiger partial charge in [0.15, 0.2) is 0 Å². The van der Waals surface area contributed by atoms with Crippen LogP contribution >= 0.6 is 0 Å². The number of rotatable bonds is 12. The van der Waals surface area contributed by atoms with Crippen molar-refractivity contribution in [3.05, 3.63) is 123 Å². The third-order valence-electron chi connectivity index (χ3n) is 5.97. The Morgan fingerprint density at radius 3 is 1.19 bits per heavy atom. The van der Waals surface area contributed by atoms with E-state index in [-0.39, 0.29) is 0 Å². The van der Waals surface area contributed by atoms with Gasteiger partial charge in [-0.1, -0.05) is 72.8 Å². The fraction of sp³-hybridized carbons (Fsp3) is 0.125. The van der Waals surface area contributed by atoms with E-state index in [0.717, 1.165) is 44.9 Å². The van der Waals surface area contributed by atoms with E-state index in [9.17, 15) is 0 Å². The molecular weight excluding hydrogens is 440 g/mol. The first kappa shape index (κ1) is 24.7. The van der Waals surface area contributed by atoms with E-state index in [4.69, 9.17) is 9.97 Å². The van der Waals surface area contributed by atoms with Gasteiger partial charge in [-0.2, -0.15) is 0 Å². The summed E-state index contributed by atoms with van der Waals surface area (Å²) < 4.78 is 0. The van der Waals surface area contributed by atoms with E-state index in [1.165, 1.54) is 0 Å². The largest absolute Gasteiger partial charge is 0.364 e. The molecule has 0 spiro atoms. The summed E-state index contributed by atoms with van der Waals surface area (Å²) in [5.74, 6) is 0. The molecule has 3 aromatic carbocycles. The minimum Gasteiger partial charge on any atom is -0.364 e. The number of benzene rings is 3. The molecule has 180 valence electrons. The van der Waals surface area contributed by atoms with Crippen molar-refractivity contribution in [2.24, 2.45) is 0 Å². The molecule has 0 radical (unpaired) electrons. The Bertz CT molecular complexity index is 1260. The quantitative estimate of drug-likeness (QED) is 0.202. The van der Waals surface area contributed by atoms with Crippen LogP contribution in [0.15, 0.2) is 123 Å². The van der Waals surface area contributed by atoms with E-state index in [2.05, 4.69) is 72.5 Å². The molecule has 0 aliphatic rings. The Hall–Kier alpha value is -4.44. The lowest BCUT2D eigenvalue weighted by molar-refractivity contribution is 0.955. The molecule has 1 aromatic heterocycles. The molecule has 0 saturated carbocycles. The maximum atomic E-state index is 5.18. The highest BCUT2D eigenvalue weighted by Crippen LogP contribution is 2.40. The second kappa shape index (κ2) is 11.8. The second-order valence-electron chi connectivity index (χ2n) is 8.41. The van der Waals surface area contributed by atoms with Crippen molar-refractivity contribution in [2.45, 2.75) is 0 Å². The first-order valence-electron chi connectivity index (χ1n) is 12.1.